The molecule has 1 aromatic heterocycles. The highest BCUT2D eigenvalue weighted by molar-refractivity contribution is 9.10. The summed E-state index contributed by atoms with van der Waals surface area (Å²) in [7, 11) is 4.00. The first-order valence-electron chi connectivity index (χ1n) is 6.39. The molecule has 0 saturated carbocycles. The van der Waals surface area contributed by atoms with Crippen LogP contribution < -0.4 is 5.32 Å². The molecule has 102 valence electrons. The Bertz CT molecular complexity index is 591. The van der Waals surface area contributed by atoms with E-state index in [1.807, 2.05) is 7.05 Å². The summed E-state index contributed by atoms with van der Waals surface area (Å²) in [6.45, 7) is 7.21. The number of hydrogen-bond acceptors (Lipinski definition) is 2. The van der Waals surface area contributed by atoms with Gasteiger partial charge in [-0.05, 0) is 54.9 Å². The Balaban J connectivity index is 2.66. The number of aromatic nitrogens is 2. The van der Waals surface area contributed by atoms with Gasteiger partial charge in [0.05, 0.1) is 12.2 Å². The molecule has 0 amide bonds. The summed E-state index contributed by atoms with van der Waals surface area (Å²) in [6.07, 6.45) is 0. The molecular formula is C15H20BrN3. The van der Waals surface area contributed by atoms with Crippen LogP contribution in [0.1, 0.15) is 22.5 Å². The van der Waals surface area contributed by atoms with Gasteiger partial charge in [0.25, 0.3) is 0 Å². The lowest BCUT2D eigenvalue weighted by molar-refractivity contribution is 0.711. The molecule has 2 aromatic rings. The van der Waals surface area contributed by atoms with Gasteiger partial charge in [-0.3, -0.25) is 0 Å². The fourth-order valence-electron chi connectivity index (χ4n) is 2.65. The van der Waals surface area contributed by atoms with E-state index in [4.69, 9.17) is 0 Å². The van der Waals surface area contributed by atoms with Crippen LogP contribution in [0.25, 0.3) is 11.3 Å². The van der Waals surface area contributed by atoms with Crippen molar-refractivity contribution in [1.29, 1.82) is 0 Å². The van der Waals surface area contributed by atoms with Gasteiger partial charge in [0, 0.05) is 12.6 Å². The summed E-state index contributed by atoms with van der Waals surface area (Å²) in [4.78, 5) is 4.60. The summed E-state index contributed by atoms with van der Waals surface area (Å²) in [5, 5.41) is 3.15. The van der Waals surface area contributed by atoms with E-state index in [1.54, 1.807) is 0 Å². The second-order valence-corrected chi connectivity index (χ2v) is 5.78. The predicted octanol–water partition coefficient (Wildman–Crippen LogP) is 3.49. The van der Waals surface area contributed by atoms with Crippen molar-refractivity contribution < 1.29 is 0 Å². The first-order chi connectivity index (χ1) is 8.95. The molecule has 0 aliphatic carbocycles. The van der Waals surface area contributed by atoms with E-state index in [0.29, 0.717) is 0 Å². The highest BCUT2D eigenvalue weighted by Gasteiger charge is 2.17. The van der Waals surface area contributed by atoms with Crippen molar-refractivity contribution in [2.75, 3.05) is 7.05 Å². The van der Waals surface area contributed by atoms with Crippen molar-refractivity contribution in [3.63, 3.8) is 0 Å². The van der Waals surface area contributed by atoms with E-state index in [0.717, 1.165) is 22.7 Å². The highest BCUT2D eigenvalue weighted by Crippen LogP contribution is 2.34. The second kappa shape index (κ2) is 5.47. The summed E-state index contributed by atoms with van der Waals surface area (Å²) in [6, 6.07) is 4.44. The van der Waals surface area contributed by atoms with Crippen LogP contribution in [0.3, 0.4) is 0 Å². The minimum atomic E-state index is 0.763. The first-order valence-corrected chi connectivity index (χ1v) is 7.19. The van der Waals surface area contributed by atoms with E-state index >= 15 is 0 Å². The molecule has 0 fully saturated rings. The topological polar surface area (TPSA) is 29.9 Å². The smallest absolute Gasteiger partial charge is 0.132 e. The van der Waals surface area contributed by atoms with Gasteiger partial charge < -0.3 is 9.88 Å². The molecule has 0 radical (unpaired) electrons. The average molecular weight is 322 g/mol. The molecule has 0 aliphatic rings. The molecule has 19 heavy (non-hydrogen) atoms. The van der Waals surface area contributed by atoms with Gasteiger partial charge in [-0.25, -0.2) is 4.98 Å². The van der Waals surface area contributed by atoms with E-state index in [2.05, 4.69) is 70.7 Å². The normalized spacial score (nSPS) is 11.1. The largest absolute Gasteiger partial charge is 0.329 e. The van der Waals surface area contributed by atoms with Crippen molar-refractivity contribution in [2.45, 2.75) is 27.3 Å². The molecule has 3 nitrogen and oxygen atoms in total. The van der Waals surface area contributed by atoms with Gasteiger partial charge in [0.15, 0.2) is 0 Å². The Hall–Kier alpha value is -1.13. The highest BCUT2D eigenvalue weighted by atomic mass is 79.9. The maximum Gasteiger partial charge on any atom is 0.132 e. The molecular weight excluding hydrogens is 302 g/mol. The molecule has 0 saturated heterocycles. The van der Waals surface area contributed by atoms with Gasteiger partial charge in [0.2, 0.25) is 0 Å². The summed E-state index contributed by atoms with van der Waals surface area (Å²) in [5.41, 5.74) is 6.30. The molecule has 0 atom stereocenters. The number of benzene rings is 1. The third-order valence-corrected chi connectivity index (χ3v) is 3.95. The molecule has 0 spiro atoms. The third-order valence-electron chi connectivity index (χ3n) is 3.39. The van der Waals surface area contributed by atoms with Gasteiger partial charge >= 0.3 is 0 Å². The summed E-state index contributed by atoms with van der Waals surface area (Å²) < 4.78 is 3.07. The third kappa shape index (κ3) is 2.60. The zero-order valence-electron chi connectivity index (χ0n) is 12.1. The van der Waals surface area contributed by atoms with Crippen LogP contribution in [-0.4, -0.2) is 16.6 Å². The Morgan fingerprint density at radius 1 is 1.21 bits per heavy atom. The van der Waals surface area contributed by atoms with Crippen LogP contribution in [0.2, 0.25) is 0 Å². The predicted molar refractivity (Wildman–Crippen MR) is 83.3 cm³/mol. The SMILES string of the molecule is CNCc1nc(Br)c(-c2c(C)cc(C)cc2C)n1C. The molecule has 1 heterocycles. The maximum absolute atomic E-state index is 4.60. The average Bonchev–Trinajstić information content (AvgIpc) is 2.56. The van der Waals surface area contributed by atoms with E-state index < -0.39 is 0 Å². The molecule has 0 bridgehead atoms. The van der Waals surface area contributed by atoms with E-state index in [-0.39, 0.29) is 0 Å². The van der Waals surface area contributed by atoms with Crippen molar-refractivity contribution in [2.24, 2.45) is 7.05 Å². The Morgan fingerprint density at radius 2 is 1.79 bits per heavy atom. The van der Waals surface area contributed by atoms with E-state index in [9.17, 15) is 0 Å². The number of hydrogen-bond donors (Lipinski definition) is 1. The minimum Gasteiger partial charge on any atom is -0.329 e. The molecule has 4 heteroatoms. The zero-order chi connectivity index (χ0) is 14.2. The van der Waals surface area contributed by atoms with Gasteiger partial charge in [0.1, 0.15) is 10.4 Å². The van der Waals surface area contributed by atoms with Gasteiger partial charge in [-0.15, -0.1) is 0 Å². The quantitative estimate of drug-likeness (QED) is 0.937. The monoisotopic (exact) mass is 321 g/mol. The maximum atomic E-state index is 4.60. The fourth-order valence-corrected chi connectivity index (χ4v) is 3.32. The Morgan fingerprint density at radius 3 is 2.32 bits per heavy atom. The van der Waals surface area contributed by atoms with Crippen molar-refractivity contribution in [3.8, 4) is 11.3 Å². The lowest BCUT2D eigenvalue weighted by Gasteiger charge is -2.13. The fraction of sp³-hybridized carbons (Fsp3) is 0.400. The van der Waals surface area contributed by atoms with Crippen molar-refractivity contribution >= 4 is 15.9 Å². The second-order valence-electron chi connectivity index (χ2n) is 5.03. The number of imidazole rings is 1. The number of halogens is 1. The van der Waals surface area contributed by atoms with E-state index in [1.165, 1.54) is 22.3 Å². The zero-order valence-corrected chi connectivity index (χ0v) is 13.7. The summed E-state index contributed by atoms with van der Waals surface area (Å²) >= 11 is 3.60. The van der Waals surface area contributed by atoms with Crippen molar-refractivity contribution in [1.82, 2.24) is 14.9 Å². The van der Waals surface area contributed by atoms with Crippen LogP contribution in [0, 0.1) is 20.8 Å². The molecule has 0 aliphatic heterocycles. The first kappa shape index (κ1) is 14.3. The van der Waals surface area contributed by atoms with Crippen LogP contribution in [0.15, 0.2) is 16.7 Å². The lowest BCUT2D eigenvalue weighted by atomic mass is 9.97. The number of aryl methyl sites for hydroxylation is 3. The molecule has 1 N–H and O–H groups in total. The van der Waals surface area contributed by atoms with Gasteiger partial charge in [-0.2, -0.15) is 0 Å². The number of nitrogens with one attached hydrogen (secondary N) is 1. The van der Waals surface area contributed by atoms with Crippen LogP contribution in [0.5, 0.6) is 0 Å². The number of rotatable bonds is 3. The van der Waals surface area contributed by atoms with Crippen LogP contribution >= 0.6 is 15.9 Å². The molecule has 0 unspecified atom stereocenters. The summed E-state index contributed by atoms with van der Waals surface area (Å²) in [5.74, 6) is 1.03. The molecule has 1 aromatic carbocycles. The van der Waals surface area contributed by atoms with Crippen LogP contribution in [-0.2, 0) is 13.6 Å². The number of nitrogens with zero attached hydrogens (tertiary/aromatic N) is 2. The van der Waals surface area contributed by atoms with Gasteiger partial charge in [-0.1, -0.05) is 17.7 Å². The standard InChI is InChI=1S/C15H20BrN3/c1-9-6-10(2)13(11(3)7-9)14-15(16)18-12(8-17-4)19(14)5/h6-7,17H,8H2,1-5H3. The van der Waals surface area contributed by atoms with Crippen LogP contribution in [0.4, 0.5) is 0 Å². The lowest BCUT2D eigenvalue weighted by Crippen LogP contribution is -2.11. The Kier molecular flexibility index (Phi) is 4.11. The van der Waals surface area contributed by atoms with Crippen molar-refractivity contribution in [3.05, 3.63) is 39.3 Å². The molecule has 2 rings (SSSR count). The Labute approximate surface area is 123 Å². The minimum absolute atomic E-state index is 0.763.